The number of nitrogens with zero attached hydrogens (tertiary/aromatic N) is 8. The van der Waals surface area contributed by atoms with E-state index in [1.807, 2.05) is 0 Å². The zero-order chi connectivity index (χ0) is 27.0. The minimum atomic E-state index is -4.85. The van der Waals surface area contributed by atoms with E-state index in [0.29, 0.717) is 16.8 Å². The van der Waals surface area contributed by atoms with E-state index in [0.717, 1.165) is 26.7 Å². The summed E-state index contributed by atoms with van der Waals surface area (Å²) in [5, 5.41) is 21.3. The van der Waals surface area contributed by atoms with Crippen molar-refractivity contribution in [3.63, 3.8) is 0 Å². The molecule has 0 unspecified atom stereocenters. The van der Waals surface area contributed by atoms with Gasteiger partial charge in [0.15, 0.2) is 5.82 Å². The van der Waals surface area contributed by atoms with Gasteiger partial charge in [-0.25, -0.2) is 14.2 Å². The van der Waals surface area contributed by atoms with Crippen LogP contribution in [0.5, 0.6) is 5.75 Å². The zero-order valence-electron chi connectivity index (χ0n) is 19.3. The molecule has 0 amide bonds. The maximum atomic E-state index is 13.4. The van der Waals surface area contributed by atoms with Crippen LogP contribution in [0.1, 0.15) is 11.4 Å². The molecule has 0 saturated heterocycles. The third-order valence-electron chi connectivity index (χ3n) is 5.29. The van der Waals surface area contributed by atoms with Crippen molar-refractivity contribution in [1.29, 1.82) is 0 Å². The van der Waals surface area contributed by atoms with Gasteiger partial charge in [0.1, 0.15) is 5.75 Å². The molecule has 0 spiro atoms. The Kier molecular flexibility index (Phi) is 6.31. The number of aromatic nitrogens is 9. The Balaban J connectivity index is 1.56. The second-order valence-corrected chi connectivity index (χ2v) is 8.42. The minimum Gasteiger partial charge on any atom is -0.406 e. The third kappa shape index (κ3) is 5.34. The van der Waals surface area contributed by atoms with E-state index in [-0.39, 0.29) is 29.9 Å². The van der Waals surface area contributed by atoms with Crippen molar-refractivity contribution in [2.75, 3.05) is 5.32 Å². The Morgan fingerprint density at radius 3 is 2.55 bits per heavy atom. The average molecular weight is 549 g/mol. The first-order valence-electron chi connectivity index (χ1n) is 10.7. The lowest BCUT2D eigenvalue weighted by Gasteiger charge is -2.16. The number of rotatable bonds is 7. The highest BCUT2D eigenvalue weighted by molar-refractivity contribution is 6.34. The molecule has 0 radical (unpaired) electrons. The monoisotopic (exact) mass is 548 g/mol. The summed E-state index contributed by atoms with van der Waals surface area (Å²) in [7, 11) is 1.74. The predicted molar refractivity (Wildman–Crippen MR) is 127 cm³/mol. The van der Waals surface area contributed by atoms with E-state index in [1.165, 1.54) is 12.1 Å². The molecule has 5 rings (SSSR count). The molecule has 0 aliphatic carbocycles. The first kappa shape index (κ1) is 24.9. The molecule has 0 aliphatic heterocycles. The topological polar surface area (TPSA) is 150 Å². The van der Waals surface area contributed by atoms with Gasteiger partial charge in [-0.05, 0) is 29.8 Å². The zero-order valence-corrected chi connectivity index (χ0v) is 20.0. The van der Waals surface area contributed by atoms with Crippen molar-refractivity contribution in [3.05, 3.63) is 80.0 Å². The lowest BCUT2D eigenvalue weighted by molar-refractivity contribution is -0.274. The molecule has 13 nitrogen and oxygen atoms in total. The van der Waals surface area contributed by atoms with Crippen molar-refractivity contribution >= 4 is 34.1 Å². The van der Waals surface area contributed by atoms with Crippen molar-refractivity contribution in [1.82, 2.24) is 44.5 Å². The lowest BCUT2D eigenvalue weighted by Crippen LogP contribution is -2.43. The first-order chi connectivity index (χ1) is 18.1. The molecule has 3 aromatic heterocycles. The Hall–Kier alpha value is -4.73. The van der Waals surface area contributed by atoms with Gasteiger partial charge in [0.25, 0.3) is 0 Å². The van der Waals surface area contributed by atoms with E-state index < -0.39 is 23.5 Å². The lowest BCUT2D eigenvalue weighted by atomic mass is 10.2. The second-order valence-electron chi connectivity index (χ2n) is 8.01. The van der Waals surface area contributed by atoms with Gasteiger partial charge in [-0.1, -0.05) is 28.9 Å². The number of nitrogens with one attached hydrogen (secondary N) is 2. The SMILES string of the molecule is Cn1cc2cc(Nc3nc(=O)n(Cc4nn[nH]n4)c(=O)n3Cc3ccc(OC(F)(F)F)cc3)c(Cl)cc2n1. The van der Waals surface area contributed by atoms with E-state index >= 15 is 0 Å². The van der Waals surface area contributed by atoms with Gasteiger partial charge in [0.2, 0.25) is 5.95 Å². The Labute approximate surface area is 214 Å². The molecule has 0 atom stereocenters. The maximum absolute atomic E-state index is 13.4. The molecule has 0 aliphatic rings. The molecule has 2 aromatic carbocycles. The Morgan fingerprint density at radius 1 is 1.11 bits per heavy atom. The summed E-state index contributed by atoms with van der Waals surface area (Å²) in [6.45, 7) is -0.484. The maximum Gasteiger partial charge on any atom is 0.573 e. The van der Waals surface area contributed by atoms with Crippen LogP contribution in [0, 0.1) is 0 Å². The summed E-state index contributed by atoms with van der Waals surface area (Å²) in [6.07, 6.45) is -3.09. The van der Waals surface area contributed by atoms with E-state index in [1.54, 1.807) is 30.1 Å². The van der Waals surface area contributed by atoms with Crippen LogP contribution in [-0.2, 0) is 20.1 Å². The largest absolute Gasteiger partial charge is 0.573 e. The Morgan fingerprint density at radius 2 is 1.87 bits per heavy atom. The predicted octanol–water partition coefficient (Wildman–Crippen LogP) is 2.20. The summed E-state index contributed by atoms with van der Waals surface area (Å²) in [6, 6.07) is 8.20. The van der Waals surface area contributed by atoms with Crippen LogP contribution in [-0.4, -0.2) is 50.9 Å². The quantitative estimate of drug-likeness (QED) is 0.312. The first-order valence-corrected chi connectivity index (χ1v) is 11.1. The number of H-pyrrole nitrogens is 1. The van der Waals surface area contributed by atoms with Crippen LogP contribution in [0.4, 0.5) is 24.8 Å². The van der Waals surface area contributed by atoms with Crippen molar-refractivity contribution in [3.8, 4) is 5.75 Å². The number of hydrogen-bond acceptors (Lipinski definition) is 9. The molecule has 0 saturated carbocycles. The number of benzene rings is 2. The van der Waals surface area contributed by atoms with Crippen LogP contribution in [0.15, 0.2) is 52.2 Å². The molecule has 38 heavy (non-hydrogen) atoms. The Bertz CT molecular complexity index is 1730. The van der Waals surface area contributed by atoms with Gasteiger partial charge in [-0.2, -0.15) is 15.3 Å². The summed E-state index contributed by atoms with van der Waals surface area (Å²) >= 11 is 6.41. The van der Waals surface area contributed by atoms with Crippen molar-refractivity contribution in [2.45, 2.75) is 19.5 Å². The fourth-order valence-electron chi connectivity index (χ4n) is 3.66. The van der Waals surface area contributed by atoms with E-state index in [2.05, 4.69) is 40.8 Å². The van der Waals surface area contributed by atoms with Crippen molar-refractivity contribution < 1.29 is 17.9 Å². The highest BCUT2D eigenvalue weighted by atomic mass is 35.5. The number of halogens is 4. The third-order valence-corrected chi connectivity index (χ3v) is 5.60. The molecule has 0 fully saturated rings. The average Bonchev–Trinajstić information content (AvgIpc) is 3.48. The number of hydrogen-bond donors (Lipinski definition) is 2. The van der Waals surface area contributed by atoms with Crippen molar-refractivity contribution in [2.24, 2.45) is 7.05 Å². The van der Waals surface area contributed by atoms with Crippen LogP contribution in [0.3, 0.4) is 0 Å². The van der Waals surface area contributed by atoms with Crippen LogP contribution in [0.2, 0.25) is 5.02 Å². The van der Waals surface area contributed by atoms with Gasteiger partial charge in [-0.15, -0.1) is 23.4 Å². The minimum absolute atomic E-state index is 0.0667. The van der Waals surface area contributed by atoms with Crippen LogP contribution in [0.25, 0.3) is 10.9 Å². The number of anilines is 2. The summed E-state index contributed by atoms with van der Waals surface area (Å²) in [5.74, 6) is -0.509. The standard InChI is InChI=1S/C21H16ClF3N10O3/c1-33-9-12-6-16(14(22)7-15(12)30-33)26-18-27-19(36)35(10-17-28-31-32-29-17)20(37)34(18)8-11-2-4-13(5-3-11)38-21(23,24)25/h2-7,9H,8,10H2,1H3,(H,26,27,36)(H,28,29,31,32). The molecular formula is C21H16ClF3N10O3. The molecule has 2 N–H and O–H groups in total. The number of tetrazole rings is 1. The summed E-state index contributed by atoms with van der Waals surface area (Å²) < 4.78 is 45.0. The number of ether oxygens (including phenoxy) is 1. The molecule has 17 heteroatoms. The van der Waals surface area contributed by atoms with Crippen LogP contribution < -0.4 is 21.4 Å². The fourth-order valence-corrected chi connectivity index (χ4v) is 3.86. The molecule has 5 aromatic rings. The second kappa shape index (κ2) is 9.62. The van der Waals surface area contributed by atoms with Gasteiger partial charge in [0, 0.05) is 18.6 Å². The van der Waals surface area contributed by atoms with Gasteiger partial charge in [-0.3, -0.25) is 9.25 Å². The smallest absolute Gasteiger partial charge is 0.406 e. The van der Waals surface area contributed by atoms with Gasteiger partial charge < -0.3 is 10.1 Å². The number of alkyl halides is 3. The highest BCUT2D eigenvalue weighted by Crippen LogP contribution is 2.29. The van der Waals surface area contributed by atoms with E-state index in [9.17, 15) is 22.8 Å². The molecule has 196 valence electrons. The molecule has 3 heterocycles. The summed E-state index contributed by atoms with van der Waals surface area (Å²) in [5.41, 5.74) is -0.287. The van der Waals surface area contributed by atoms with Crippen LogP contribution >= 0.6 is 11.6 Å². The molecular weight excluding hydrogens is 533 g/mol. The number of fused-ring (bicyclic) bond motifs is 1. The summed E-state index contributed by atoms with van der Waals surface area (Å²) in [4.78, 5) is 30.2. The van der Waals surface area contributed by atoms with E-state index in [4.69, 9.17) is 11.6 Å². The highest BCUT2D eigenvalue weighted by Gasteiger charge is 2.31. The fraction of sp³-hybridized carbons (Fsp3) is 0.190. The normalized spacial score (nSPS) is 11.7. The van der Waals surface area contributed by atoms with Gasteiger partial charge in [0.05, 0.1) is 29.3 Å². The molecule has 0 bridgehead atoms. The number of aryl methyl sites for hydroxylation is 1. The van der Waals surface area contributed by atoms with Gasteiger partial charge >= 0.3 is 17.7 Å². The number of aromatic amines is 1.